The molecule has 0 amide bonds. The Balaban J connectivity index is 2.44. The average Bonchev–Trinajstić information content (AvgIpc) is 2.06. The van der Waals surface area contributed by atoms with Crippen LogP contribution in [0.5, 0.6) is 0 Å². The lowest BCUT2D eigenvalue weighted by Crippen LogP contribution is -2.46. The second-order valence-electron chi connectivity index (χ2n) is 3.01. The van der Waals surface area contributed by atoms with Gasteiger partial charge in [-0.1, -0.05) is 6.42 Å². The van der Waals surface area contributed by atoms with Gasteiger partial charge in [-0.05, 0) is 32.7 Å². The van der Waals surface area contributed by atoms with Gasteiger partial charge >= 0.3 is 0 Å². The number of nitrogens with one attached hydrogen (secondary N) is 1. The third kappa shape index (κ3) is 1.50. The van der Waals surface area contributed by atoms with Crippen molar-refractivity contribution in [2.45, 2.75) is 37.8 Å². The van der Waals surface area contributed by atoms with Crippen molar-refractivity contribution in [1.29, 1.82) is 0 Å². The highest BCUT2D eigenvalue weighted by atomic mass is 16.5. The maximum atomic E-state index is 5.42. The van der Waals surface area contributed by atoms with Gasteiger partial charge in [-0.15, -0.1) is 0 Å². The van der Waals surface area contributed by atoms with Crippen LogP contribution in [-0.2, 0) is 4.74 Å². The molecule has 0 unspecified atom stereocenters. The van der Waals surface area contributed by atoms with Gasteiger partial charge in [0.15, 0.2) is 0 Å². The minimum absolute atomic E-state index is 0.0122. The molecule has 1 rings (SSSR count). The quantitative estimate of drug-likeness (QED) is 0.592. The molecule has 1 fully saturated rings. The number of methoxy groups -OCH3 is 1. The van der Waals surface area contributed by atoms with Gasteiger partial charge < -0.3 is 4.74 Å². The van der Waals surface area contributed by atoms with Crippen LogP contribution < -0.4 is 5.32 Å². The van der Waals surface area contributed by atoms with Crippen molar-refractivity contribution >= 4 is 0 Å². The molecule has 10 heavy (non-hydrogen) atoms. The second-order valence-corrected chi connectivity index (χ2v) is 3.01. The normalized spacial score (nSPS) is 24.6. The summed E-state index contributed by atoms with van der Waals surface area (Å²) >= 11 is 0. The van der Waals surface area contributed by atoms with Gasteiger partial charge in [-0.3, -0.25) is 5.32 Å². The first-order valence-electron chi connectivity index (χ1n) is 4.07. The first kappa shape index (κ1) is 8.02. The third-order valence-electron chi connectivity index (χ3n) is 2.51. The lowest BCUT2D eigenvalue weighted by molar-refractivity contribution is -0.0607. The average molecular weight is 143 g/mol. The summed E-state index contributed by atoms with van der Waals surface area (Å²) in [5.41, 5.74) is 0.0122. The second kappa shape index (κ2) is 3.35. The molecule has 0 aromatic carbocycles. The van der Waals surface area contributed by atoms with Crippen LogP contribution in [0, 0.1) is 0 Å². The zero-order valence-electron chi connectivity index (χ0n) is 6.94. The molecule has 60 valence electrons. The molecule has 1 aliphatic carbocycles. The zero-order valence-corrected chi connectivity index (χ0v) is 6.94. The molecule has 0 heterocycles. The molecule has 1 N–H and O–H groups in total. The van der Waals surface area contributed by atoms with E-state index in [1.165, 1.54) is 32.1 Å². The summed E-state index contributed by atoms with van der Waals surface area (Å²) in [6, 6.07) is 0. The van der Waals surface area contributed by atoms with E-state index in [0.29, 0.717) is 0 Å². The standard InChI is InChI=1S/C8H17NO/c1-9-8(10-2)6-4-3-5-7-8/h9H,3-7H2,1-2H3. The fourth-order valence-corrected chi connectivity index (χ4v) is 1.68. The maximum Gasteiger partial charge on any atom is 0.118 e. The highest BCUT2D eigenvalue weighted by Gasteiger charge is 2.29. The molecule has 0 aliphatic heterocycles. The molecule has 0 aromatic rings. The Morgan fingerprint density at radius 3 is 2.10 bits per heavy atom. The fourth-order valence-electron chi connectivity index (χ4n) is 1.68. The van der Waals surface area contributed by atoms with E-state index in [-0.39, 0.29) is 5.72 Å². The minimum Gasteiger partial charge on any atom is -0.364 e. The van der Waals surface area contributed by atoms with E-state index in [9.17, 15) is 0 Å². The van der Waals surface area contributed by atoms with Crippen molar-refractivity contribution < 1.29 is 4.74 Å². The van der Waals surface area contributed by atoms with Crippen molar-refractivity contribution in [1.82, 2.24) is 5.32 Å². The molecule has 0 atom stereocenters. The maximum absolute atomic E-state index is 5.42. The summed E-state index contributed by atoms with van der Waals surface area (Å²) in [4.78, 5) is 0. The summed E-state index contributed by atoms with van der Waals surface area (Å²) in [6.07, 6.45) is 6.30. The van der Waals surface area contributed by atoms with Crippen LogP contribution in [0.3, 0.4) is 0 Å². The first-order valence-corrected chi connectivity index (χ1v) is 4.07. The van der Waals surface area contributed by atoms with Crippen molar-refractivity contribution in [3.63, 3.8) is 0 Å². The Labute approximate surface area is 63.0 Å². The largest absolute Gasteiger partial charge is 0.364 e. The van der Waals surface area contributed by atoms with Crippen LogP contribution in [0.2, 0.25) is 0 Å². The van der Waals surface area contributed by atoms with Crippen LogP contribution in [0.15, 0.2) is 0 Å². The lowest BCUT2D eigenvalue weighted by atomic mass is 9.92. The number of hydrogen-bond donors (Lipinski definition) is 1. The van der Waals surface area contributed by atoms with Gasteiger partial charge in [0.1, 0.15) is 5.72 Å². The minimum atomic E-state index is 0.0122. The Bertz CT molecular complexity index is 91.4. The van der Waals surface area contributed by atoms with Crippen LogP contribution in [0.1, 0.15) is 32.1 Å². The van der Waals surface area contributed by atoms with Gasteiger partial charge in [0.2, 0.25) is 0 Å². The predicted molar refractivity (Wildman–Crippen MR) is 41.9 cm³/mol. The molecule has 1 saturated carbocycles. The summed E-state index contributed by atoms with van der Waals surface area (Å²) in [6.45, 7) is 0. The lowest BCUT2D eigenvalue weighted by Gasteiger charge is -2.35. The van der Waals surface area contributed by atoms with Crippen LogP contribution in [0.25, 0.3) is 0 Å². The highest BCUT2D eigenvalue weighted by molar-refractivity contribution is 4.79. The van der Waals surface area contributed by atoms with Gasteiger partial charge in [0.05, 0.1) is 0 Å². The zero-order chi connectivity index (χ0) is 7.45. The Morgan fingerprint density at radius 1 is 1.20 bits per heavy atom. The number of rotatable bonds is 2. The highest BCUT2D eigenvalue weighted by Crippen LogP contribution is 2.27. The summed E-state index contributed by atoms with van der Waals surface area (Å²) < 4.78 is 5.42. The summed E-state index contributed by atoms with van der Waals surface area (Å²) in [5.74, 6) is 0. The Hall–Kier alpha value is -0.0800. The fraction of sp³-hybridized carbons (Fsp3) is 1.00. The molecule has 2 heteroatoms. The number of ether oxygens (including phenoxy) is 1. The van der Waals surface area contributed by atoms with Gasteiger partial charge in [0.25, 0.3) is 0 Å². The first-order chi connectivity index (χ1) is 4.83. The smallest absolute Gasteiger partial charge is 0.118 e. The molecule has 0 saturated heterocycles. The predicted octanol–water partition coefficient (Wildman–Crippen LogP) is 1.51. The van der Waals surface area contributed by atoms with Gasteiger partial charge in [0, 0.05) is 7.11 Å². The van der Waals surface area contributed by atoms with Crippen LogP contribution in [-0.4, -0.2) is 19.9 Å². The van der Waals surface area contributed by atoms with Gasteiger partial charge in [-0.2, -0.15) is 0 Å². The van der Waals surface area contributed by atoms with Gasteiger partial charge in [-0.25, -0.2) is 0 Å². The molecule has 2 nitrogen and oxygen atoms in total. The van der Waals surface area contributed by atoms with E-state index in [0.717, 1.165) is 0 Å². The van der Waals surface area contributed by atoms with Crippen molar-refractivity contribution in [3.05, 3.63) is 0 Å². The van der Waals surface area contributed by atoms with E-state index in [2.05, 4.69) is 5.32 Å². The van der Waals surface area contributed by atoms with E-state index in [1.807, 2.05) is 7.05 Å². The molecule has 0 bridgehead atoms. The Morgan fingerprint density at radius 2 is 1.80 bits per heavy atom. The monoisotopic (exact) mass is 143 g/mol. The van der Waals surface area contributed by atoms with E-state index in [1.54, 1.807) is 7.11 Å². The summed E-state index contributed by atoms with van der Waals surface area (Å²) in [7, 11) is 3.77. The topological polar surface area (TPSA) is 21.3 Å². The van der Waals surface area contributed by atoms with E-state index >= 15 is 0 Å². The van der Waals surface area contributed by atoms with E-state index < -0.39 is 0 Å². The molecular weight excluding hydrogens is 126 g/mol. The molecule has 0 radical (unpaired) electrons. The molecule has 0 spiro atoms. The van der Waals surface area contributed by atoms with Crippen LogP contribution >= 0.6 is 0 Å². The van der Waals surface area contributed by atoms with E-state index in [4.69, 9.17) is 4.74 Å². The molecular formula is C8H17NO. The van der Waals surface area contributed by atoms with Crippen molar-refractivity contribution in [3.8, 4) is 0 Å². The molecule has 0 aromatic heterocycles. The molecule has 1 aliphatic rings. The van der Waals surface area contributed by atoms with Crippen molar-refractivity contribution in [2.75, 3.05) is 14.2 Å². The summed E-state index contributed by atoms with van der Waals surface area (Å²) in [5, 5.41) is 3.24. The third-order valence-corrected chi connectivity index (χ3v) is 2.51. The Kier molecular flexibility index (Phi) is 2.69. The van der Waals surface area contributed by atoms with Crippen LogP contribution in [0.4, 0.5) is 0 Å². The SMILES string of the molecule is CNC1(OC)CCCCC1. The number of hydrogen-bond acceptors (Lipinski definition) is 2. The van der Waals surface area contributed by atoms with Crippen molar-refractivity contribution in [2.24, 2.45) is 0 Å².